The normalized spacial score (nSPS) is 12.6. The molecule has 0 aliphatic carbocycles. The van der Waals surface area contributed by atoms with Crippen LogP contribution in [0.3, 0.4) is 0 Å². The number of sulfone groups is 1. The lowest BCUT2D eigenvalue weighted by molar-refractivity contribution is -0.138. The van der Waals surface area contributed by atoms with Crippen molar-refractivity contribution in [3.05, 3.63) is 66.9 Å². The smallest absolute Gasteiger partial charge is 0.383 e. The Balaban J connectivity index is 0.000000281. The van der Waals surface area contributed by atoms with Crippen LogP contribution in [0.25, 0.3) is 11.4 Å². The Labute approximate surface area is 304 Å². The first kappa shape index (κ1) is 42.5. The molecule has 28 heteroatoms. The van der Waals surface area contributed by atoms with E-state index < -0.39 is 115 Å². The molecule has 0 saturated carbocycles. The number of nitrogens with two attached hydrogens (primary N) is 2. The van der Waals surface area contributed by atoms with Crippen molar-refractivity contribution in [3.8, 4) is 23.5 Å². The second-order valence-electron chi connectivity index (χ2n) is 9.24. The monoisotopic (exact) mass is 872 g/mol. The largest absolute Gasteiger partial charge is 0.502 e. The van der Waals surface area contributed by atoms with Crippen LogP contribution < -0.4 is 11.5 Å². The molecule has 280 valence electrons. The summed E-state index contributed by atoms with van der Waals surface area (Å²) in [6.07, 6.45) is -9.58. The Kier molecular flexibility index (Phi) is 11.8. The van der Waals surface area contributed by atoms with Crippen molar-refractivity contribution in [2.24, 2.45) is 0 Å². The quantitative estimate of drug-likeness (QED) is 0.150. The molecule has 2 heterocycles. The summed E-state index contributed by atoms with van der Waals surface area (Å²) in [5, 5.41) is 22.1. The molecule has 0 spiro atoms. The SMILES string of the molecule is N#Cc1nn(-c2c(Cl)cc(C(F)(F)F)cc2Cl)c(N)c1S(=O)(=O)C(F)(F)F.N#Cc1nn(-c2c(Cl)cc(C(F)(F)F)cc2Cl)c(N)c1SC(F)(F)F. The first-order valence-corrected chi connectivity index (χ1v) is 16.1. The van der Waals surface area contributed by atoms with Gasteiger partial charge in [-0.15, -0.1) is 0 Å². The highest BCUT2D eigenvalue weighted by Gasteiger charge is 2.51. The Morgan fingerprint density at radius 3 is 1.31 bits per heavy atom. The first-order valence-electron chi connectivity index (χ1n) is 12.2. The van der Waals surface area contributed by atoms with Gasteiger partial charge in [0.25, 0.3) is 9.84 Å². The maximum atomic E-state index is 12.8. The molecule has 4 rings (SSSR count). The molecular formula is C24H8Cl4F12N8O2S2. The van der Waals surface area contributed by atoms with Gasteiger partial charge in [-0.2, -0.15) is 73.4 Å². The molecule has 0 bridgehead atoms. The van der Waals surface area contributed by atoms with Gasteiger partial charge in [0.05, 0.1) is 36.1 Å². The zero-order chi connectivity index (χ0) is 40.1. The summed E-state index contributed by atoms with van der Waals surface area (Å²) in [7, 11) is -6.09. The van der Waals surface area contributed by atoms with E-state index in [0.717, 1.165) is 6.07 Å². The van der Waals surface area contributed by atoms with Gasteiger partial charge in [-0.3, -0.25) is 0 Å². The molecule has 0 fully saturated rings. The summed E-state index contributed by atoms with van der Waals surface area (Å²) in [5.74, 6) is -1.84. The van der Waals surface area contributed by atoms with Gasteiger partial charge in [0, 0.05) is 0 Å². The zero-order valence-electron chi connectivity index (χ0n) is 23.8. The number of nitrogens with zero attached hydrogens (tertiary/aromatic N) is 6. The van der Waals surface area contributed by atoms with Gasteiger partial charge in [-0.1, -0.05) is 46.4 Å². The standard InChI is InChI=1S/C12H4Cl2F6N4O2S.C12H4Cl2F6N4S/c13-5-1-4(11(15,16)17)2-6(14)8(5)24-10(22)9(7(3-21)23-24)27(25,26)12(18,19)20;13-5-1-4(11(15,16)17)2-6(14)8(5)24-10(22)9(7(3-21)23-24)25-12(18,19)20/h1-2H,22H2;1-2H,22H2. The summed E-state index contributed by atoms with van der Waals surface area (Å²) in [6.45, 7) is 0. The lowest BCUT2D eigenvalue weighted by Gasteiger charge is -2.13. The maximum Gasteiger partial charge on any atom is 0.502 e. The van der Waals surface area contributed by atoms with E-state index >= 15 is 0 Å². The second kappa shape index (κ2) is 14.5. The molecule has 10 nitrogen and oxygen atoms in total. The Morgan fingerprint density at radius 1 is 0.654 bits per heavy atom. The number of nitriles is 2. The number of hydrogen-bond donors (Lipinski definition) is 2. The molecule has 0 saturated heterocycles. The number of halogens is 16. The van der Waals surface area contributed by atoms with Crippen LogP contribution >= 0.6 is 58.2 Å². The second-order valence-corrected chi connectivity index (χ2v) is 13.8. The third-order valence-corrected chi connectivity index (χ3v) is 9.41. The Morgan fingerprint density at radius 2 is 1.00 bits per heavy atom. The fourth-order valence-electron chi connectivity index (χ4n) is 3.78. The zero-order valence-corrected chi connectivity index (χ0v) is 28.5. The number of rotatable bonds is 4. The van der Waals surface area contributed by atoms with Crippen molar-refractivity contribution >= 4 is 79.6 Å². The van der Waals surface area contributed by atoms with E-state index in [0.29, 0.717) is 28.9 Å². The molecule has 52 heavy (non-hydrogen) atoms. The minimum Gasteiger partial charge on any atom is -0.383 e. The maximum absolute atomic E-state index is 12.8. The predicted molar refractivity (Wildman–Crippen MR) is 161 cm³/mol. The summed E-state index contributed by atoms with van der Waals surface area (Å²) in [5.41, 5.74) is -4.99. The van der Waals surface area contributed by atoms with E-state index in [2.05, 4.69) is 10.2 Å². The summed E-state index contributed by atoms with van der Waals surface area (Å²) in [6, 6.07) is 4.35. The van der Waals surface area contributed by atoms with Crippen molar-refractivity contribution in [2.45, 2.75) is 33.2 Å². The number of alkyl halides is 12. The number of thioether (sulfide) groups is 1. The number of aromatic nitrogens is 4. The molecule has 4 aromatic rings. The molecule has 0 unspecified atom stereocenters. The third kappa shape index (κ3) is 8.64. The highest BCUT2D eigenvalue weighted by Crippen LogP contribution is 2.45. The van der Waals surface area contributed by atoms with Crippen LogP contribution in [0.15, 0.2) is 34.1 Å². The average molecular weight is 874 g/mol. The fraction of sp³-hybridized carbons (Fsp3) is 0.167. The molecule has 2 aromatic heterocycles. The average Bonchev–Trinajstić information content (AvgIpc) is 3.46. The van der Waals surface area contributed by atoms with E-state index in [9.17, 15) is 61.1 Å². The molecule has 0 radical (unpaired) electrons. The van der Waals surface area contributed by atoms with Crippen molar-refractivity contribution in [2.75, 3.05) is 11.5 Å². The molecule has 0 atom stereocenters. The lowest BCUT2D eigenvalue weighted by atomic mass is 10.2. The summed E-state index contributed by atoms with van der Waals surface area (Å²) >= 11 is 22.3. The van der Waals surface area contributed by atoms with E-state index in [1.807, 2.05) is 0 Å². The van der Waals surface area contributed by atoms with Gasteiger partial charge < -0.3 is 11.5 Å². The van der Waals surface area contributed by atoms with Crippen molar-refractivity contribution in [3.63, 3.8) is 0 Å². The molecule has 0 aliphatic heterocycles. The number of anilines is 2. The Hall–Kier alpha value is -3.94. The highest BCUT2D eigenvalue weighted by atomic mass is 35.5. The first-order chi connectivity index (χ1) is 23.5. The van der Waals surface area contributed by atoms with Crippen LogP contribution in [0.2, 0.25) is 20.1 Å². The summed E-state index contributed by atoms with van der Waals surface area (Å²) in [4.78, 5) is -2.37. The van der Waals surface area contributed by atoms with Crippen molar-refractivity contribution in [1.29, 1.82) is 10.5 Å². The van der Waals surface area contributed by atoms with Crippen LogP contribution in [-0.2, 0) is 22.2 Å². The predicted octanol–water partition coefficient (Wildman–Crippen LogP) is 9.21. The molecule has 4 N–H and O–H groups in total. The molecule has 0 aliphatic rings. The summed E-state index contributed by atoms with van der Waals surface area (Å²) < 4.78 is 177. The van der Waals surface area contributed by atoms with Crippen LogP contribution in [0, 0.1) is 22.7 Å². The van der Waals surface area contributed by atoms with Gasteiger partial charge in [-0.25, -0.2) is 17.8 Å². The lowest BCUT2D eigenvalue weighted by Crippen LogP contribution is -2.24. The molecular weight excluding hydrogens is 866 g/mol. The molecule has 2 aromatic carbocycles. The van der Waals surface area contributed by atoms with Gasteiger partial charge in [0.2, 0.25) is 0 Å². The van der Waals surface area contributed by atoms with E-state index in [1.165, 1.54) is 6.07 Å². The minimum absolute atomic E-state index is 0.252. The minimum atomic E-state index is -6.09. The number of nitrogen functional groups attached to an aromatic ring is 2. The van der Waals surface area contributed by atoms with Crippen LogP contribution in [0.1, 0.15) is 22.5 Å². The molecule has 0 amide bonds. The Bertz CT molecular complexity index is 2210. The fourth-order valence-corrected chi connectivity index (χ4v) is 6.62. The van der Waals surface area contributed by atoms with Crippen molar-refractivity contribution < 1.29 is 61.1 Å². The number of benzene rings is 2. The van der Waals surface area contributed by atoms with Gasteiger partial charge in [-0.05, 0) is 36.0 Å². The van der Waals surface area contributed by atoms with E-state index in [1.54, 1.807) is 0 Å². The highest BCUT2D eigenvalue weighted by molar-refractivity contribution is 8.00. The van der Waals surface area contributed by atoms with Crippen molar-refractivity contribution in [1.82, 2.24) is 19.6 Å². The van der Waals surface area contributed by atoms with Crippen LogP contribution in [0.5, 0.6) is 0 Å². The number of hydrogen-bond acceptors (Lipinski definition) is 9. The van der Waals surface area contributed by atoms with Crippen LogP contribution in [0.4, 0.5) is 64.3 Å². The van der Waals surface area contributed by atoms with E-state index in [4.69, 9.17) is 68.4 Å². The topological polar surface area (TPSA) is 169 Å². The third-order valence-electron chi connectivity index (χ3n) is 5.87. The van der Waals surface area contributed by atoms with Gasteiger partial charge >= 0.3 is 23.4 Å². The van der Waals surface area contributed by atoms with Gasteiger partial charge in [0.15, 0.2) is 16.3 Å². The van der Waals surface area contributed by atoms with E-state index in [-0.39, 0.29) is 10.4 Å². The van der Waals surface area contributed by atoms with Crippen LogP contribution in [-0.4, -0.2) is 39.0 Å². The van der Waals surface area contributed by atoms with Gasteiger partial charge in [0.1, 0.15) is 35.1 Å².